The van der Waals surface area contributed by atoms with Crippen LogP contribution in [0.25, 0.3) is 0 Å². The van der Waals surface area contributed by atoms with E-state index >= 15 is 0 Å². The van der Waals surface area contributed by atoms with Gasteiger partial charge in [-0.3, -0.25) is 0 Å². The molecule has 0 saturated heterocycles. The van der Waals surface area contributed by atoms with Crippen molar-refractivity contribution in [2.45, 2.75) is 6.42 Å². The predicted molar refractivity (Wildman–Crippen MR) is 75.8 cm³/mol. The van der Waals surface area contributed by atoms with E-state index in [-0.39, 0.29) is 0 Å². The molecule has 0 bridgehead atoms. The van der Waals surface area contributed by atoms with Gasteiger partial charge < -0.3 is 5.73 Å². The first-order valence-electron chi connectivity index (χ1n) is 5.79. The highest BCUT2D eigenvalue weighted by molar-refractivity contribution is 5.84. The van der Waals surface area contributed by atoms with Crippen LogP contribution in [-0.4, -0.2) is 12.1 Å². The minimum absolute atomic E-state index is 0.508. The van der Waals surface area contributed by atoms with E-state index in [0.29, 0.717) is 12.3 Å². The van der Waals surface area contributed by atoms with Crippen LogP contribution >= 0.6 is 0 Å². The minimum atomic E-state index is 0.508. The zero-order chi connectivity index (χ0) is 12.6. The van der Waals surface area contributed by atoms with Crippen molar-refractivity contribution in [3.63, 3.8) is 0 Å². The summed E-state index contributed by atoms with van der Waals surface area (Å²) >= 11 is 0. The lowest BCUT2D eigenvalue weighted by Crippen LogP contribution is -2.14. The Morgan fingerprint density at radius 1 is 0.944 bits per heavy atom. The van der Waals surface area contributed by atoms with E-state index in [1.165, 1.54) is 0 Å². The first kappa shape index (κ1) is 12.0. The highest BCUT2D eigenvalue weighted by atomic mass is 15.2. The van der Waals surface area contributed by atoms with E-state index in [9.17, 15) is 0 Å². The van der Waals surface area contributed by atoms with Gasteiger partial charge in [0.2, 0.25) is 0 Å². The fraction of sp³-hybridized carbons (Fsp3) is 0.0667. The summed E-state index contributed by atoms with van der Waals surface area (Å²) in [4.78, 5) is 0. The molecule has 0 aliphatic rings. The van der Waals surface area contributed by atoms with Crippen molar-refractivity contribution in [1.82, 2.24) is 0 Å². The fourth-order valence-corrected chi connectivity index (χ4v) is 1.55. The number of nitrogens with two attached hydrogens (primary N) is 1. The second kappa shape index (κ2) is 6.35. The first-order valence-corrected chi connectivity index (χ1v) is 5.79. The molecule has 2 aromatic carbocycles. The Bertz CT molecular complexity index is 530. The minimum Gasteiger partial charge on any atom is -0.385 e. The molecule has 2 aromatic rings. The van der Waals surface area contributed by atoms with E-state index in [1.807, 2.05) is 60.7 Å². The summed E-state index contributed by atoms with van der Waals surface area (Å²) in [6.07, 6.45) is 2.31. The summed E-state index contributed by atoms with van der Waals surface area (Å²) in [6.45, 7) is 0. The van der Waals surface area contributed by atoms with Crippen LogP contribution in [0.1, 0.15) is 11.1 Å². The topological polar surface area (TPSA) is 50.7 Å². The fourth-order valence-electron chi connectivity index (χ4n) is 1.55. The molecule has 0 aliphatic carbocycles. The van der Waals surface area contributed by atoms with Gasteiger partial charge in [0.25, 0.3) is 0 Å². The van der Waals surface area contributed by atoms with Crippen LogP contribution in [0.4, 0.5) is 0 Å². The number of benzene rings is 2. The zero-order valence-corrected chi connectivity index (χ0v) is 10.0. The van der Waals surface area contributed by atoms with Gasteiger partial charge in [-0.25, -0.2) is 0 Å². The molecule has 0 spiro atoms. The molecule has 0 aromatic heterocycles. The van der Waals surface area contributed by atoms with Crippen LogP contribution in [0.15, 0.2) is 70.9 Å². The van der Waals surface area contributed by atoms with E-state index < -0.39 is 0 Å². The lowest BCUT2D eigenvalue weighted by atomic mass is 10.1. The van der Waals surface area contributed by atoms with E-state index in [0.717, 1.165) is 11.1 Å². The third-order valence-electron chi connectivity index (χ3n) is 2.42. The highest BCUT2D eigenvalue weighted by Gasteiger charge is 1.94. The molecule has 0 heterocycles. The number of amidine groups is 1. The third kappa shape index (κ3) is 3.87. The van der Waals surface area contributed by atoms with Gasteiger partial charge in [-0.1, -0.05) is 60.7 Å². The number of nitrogens with zero attached hydrogens (tertiary/aromatic N) is 2. The summed E-state index contributed by atoms with van der Waals surface area (Å²) in [5, 5.41) is 7.95. The van der Waals surface area contributed by atoms with Crippen molar-refractivity contribution in [2.75, 3.05) is 0 Å². The maximum atomic E-state index is 5.81. The quantitative estimate of drug-likeness (QED) is 0.496. The van der Waals surface area contributed by atoms with Gasteiger partial charge in [-0.05, 0) is 11.1 Å². The molecule has 2 rings (SSSR count). The maximum Gasteiger partial charge on any atom is 0.126 e. The summed E-state index contributed by atoms with van der Waals surface area (Å²) in [5.41, 5.74) is 7.95. The molecule has 3 nitrogen and oxygen atoms in total. The molecule has 2 N–H and O–H groups in total. The summed E-state index contributed by atoms with van der Waals surface area (Å²) in [6, 6.07) is 19.8. The first-order chi connectivity index (χ1) is 8.84. The second-order valence-electron chi connectivity index (χ2n) is 3.91. The molecule has 3 heteroatoms. The molecular weight excluding hydrogens is 222 g/mol. The van der Waals surface area contributed by atoms with E-state index in [1.54, 1.807) is 6.21 Å². The van der Waals surface area contributed by atoms with Crippen molar-refractivity contribution in [3.8, 4) is 0 Å². The molecule has 0 saturated carbocycles. The molecule has 90 valence electrons. The lowest BCUT2D eigenvalue weighted by molar-refractivity contribution is 1.17. The van der Waals surface area contributed by atoms with Crippen LogP contribution in [0.5, 0.6) is 0 Å². The average Bonchev–Trinajstić information content (AvgIpc) is 2.41. The smallest absolute Gasteiger partial charge is 0.126 e. The van der Waals surface area contributed by atoms with Gasteiger partial charge in [0.1, 0.15) is 5.84 Å². The van der Waals surface area contributed by atoms with Gasteiger partial charge in [-0.15, -0.1) is 5.10 Å². The average molecular weight is 237 g/mol. The van der Waals surface area contributed by atoms with Gasteiger partial charge in [0.15, 0.2) is 0 Å². The molecular formula is C15H15N3. The molecule has 0 amide bonds. The molecule has 0 radical (unpaired) electrons. The van der Waals surface area contributed by atoms with Crippen LogP contribution in [-0.2, 0) is 6.42 Å². The molecule has 0 aliphatic heterocycles. The van der Waals surface area contributed by atoms with E-state index in [2.05, 4.69) is 10.2 Å². The van der Waals surface area contributed by atoms with Crippen LogP contribution < -0.4 is 5.73 Å². The largest absolute Gasteiger partial charge is 0.385 e. The van der Waals surface area contributed by atoms with Crippen molar-refractivity contribution in [3.05, 3.63) is 71.8 Å². The Hall–Kier alpha value is -2.42. The second-order valence-corrected chi connectivity index (χ2v) is 3.91. The normalized spacial score (nSPS) is 11.9. The molecule has 0 fully saturated rings. The maximum absolute atomic E-state index is 5.81. The Morgan fingerprint density at radius 3 is 2.22 bits per heavy atom. The van der Waals surface area contributed by atoms with E-state index in [4.69, 9.17) is 5.73 Å². The van der Waals surface area contributed by atoms with Gasteiger partial charge in [0, 0.05) is 6.42 Å². The van der Waals surface area contributed by atoms with Gasteiger partial charge in [-0.2, -0.15) is 5.10 Å². The van der Waals surface area contributed by atoms with Gasteiger partial charge >= 0.3 is 0 Å². The summed E-state index contributed by atoms with van der Waals surface area (Å²) < 4.78 is 0. The number of rotatable bonds is 4. The Kier molecular flexibility index (Phi) is 4.25. The third-order valence-corrected chi connectivity index (χ3v) is 2.42. The van der Waals surface area contributed by atoms with Crippen LogP contribution in [0.2, 0.25) is 0 Å². The Labute approximate surface area is 107 Å². The predicted octanol–water partition coefficient (Wildman–Crippen LogP) is 2.62. The molecule has 0 atom stereocenters. The standard InChI is InChI=1S/C15H15N3/c16-15(11-13-7-3-1-4-8-13)18-17-12-14-9-5-2-6-10-14/h1-10,12H,11H2,(H2,16,18)/b17-12+. The number of hydrogen-bond acceptors (Lipinski definition) is 2. The van der Waals surface area contributed by atoms with Crippen molar-refractivity contribution < 1.29 is 0 Å². The number of hydrogen-bond donors (Lipinski definition) is 1. The van der Waals surface area contributed by atoms with Gasteiger partial charge in [0.05, 0.1) is 6.21 Å². The monoisotopic (exact) mass is 237 g/mol. The molecule has 18 heavy (non-hydrogen) atoms. The highest BCUT2D eigenvalue weighted by Crippen LogP contribution is 1.99. The van der Waals surface area contributed by atoms with Crippen molar-refractivity contribution >= 4 is 12.1 Å². The zero-order valence-electron chi connectivity index (χ0n) is 10.0. The Morgan fingerprint density at radius 2 is 1.56 bits per heavy atom. The van der Waals surface area contributed by atoms with Crippen molar-refractivity contribution in [2.24, 2.45) is 15.9 Å². The summed E-state index contributed by atoms with van der Waals surface area (Å²) in [7, 11) is 0. The lowest BCUT2D eigenvalue weighted by Gasteiger charge is -1.98. The summed E-state index contributed by atoms with van der Waals surface area (Å²) in [5.74, 6) is 0.508. The Balaban J connectivity index is 1.95. The van der Waals surface area contributed by atoms with Crippen molar-refractivity contribution in [1.29, 1.82) is 0 Å². The molecule has 0 unspecified atom stereocenters. The van der Waals surface area contributed by atoms with Crippen LogP contribution in [0, 0.1) is 0 Å². The SMILES string of the molecule is N/C(Cc1ccccc1)=N\N=C\c1ccccc1. The van der Waals surface area contributed by atoms with Crippen LogP contribution in [0.3, 0.4) is 0 Å².